The Balaban J connectivity index is 0.00000103. The van der Waals surface area contributed by atoms with Gasteiger partial charge in [-0.05, 0) is 269 Å². The van der Waals surface area contributed by atoms with E-state index in [1.54, 1.807) is 77.9 Å². The molecule has 0 aliphatic rings. The minimum atomic E-state index is -4.91. The Morgan fingerprint density at radius 3 is 0.861 bits per heavy atom. The second-order valence-electron chi connectivity index (χ2n) is 51.8. The summed E-state index contributed by atoms with van der Waals surface area (Å²) >= 11 is 0. The van der Waals surface area contributed by atoms with Crippen LogP contribution in [-0.2, 0) is 81.6 Å². The van der Waals surface area contributed by atoms with Crippen LogP contribution in [0.25, 0.3) is 0 Å². The van der Waals surface area contributed by atoms with E-state index in [1.165, 1.54) is 42.5 Å². The standard InChI is InChI=1S/C21H30F6.C21H36.C19H32.C17H28.C15H21F3.C15H24.C14H22.C13H20/c1-13(19(7,8)21(25,26)27)15-11-9-10-14(16(15)17(2,3)4)12-18(5,6)20(22,23)24;1-15(20(5,6)7)17-13-11-12-16(14-19(2,3)4)18(17)21(8,9)10;1-13(2)12-16-10-9-11-17(15(5)14(3)4)18(16)19(6,7)8;1-8-13(4)15-11-9-10-14(12(2)3)16(15)17(5,6)7;1-13(2,3)12-9-7-6-8-11(12)10-14(4,5)15(16,17)18;1-14(2,3)11-12-9-7-8-10-13(12)15(4,5)6;1-11(2)10-12-8-6-7-9-13(12)14(3,4)5;1-10(2)11-8-6-7-9-12(11)13(3,4)5/h9-11,13H,12H2,1-8H3;11-13,15H,14H2,1-10H3;9-11,13-15H,12H2,1-8H3;9-13H,8H2,1-7H3;6-9H,10H2,1-5H3;7-10H,11H2,1-6H3;6-9,11H,10H2,1-5H3;6-10H,1-5H3/i12D2,13D;14D2,15D;12D2,15D;2D3,3D3,4D3,8D2,12D,13D;10D2;11D2;10D2;1D3,2D3,10D. The molecule has 0 saturated heterocycles. The number of alkyl halides is 9. The van der Waals surface area contributed by atoms with E-state index < -0.39 is 187 Å². The molecule has 0 bridgehead atoms. The fourth-order valence-electron chi connectivity index (χ4n) is 15.9. The fourth-order valence-corrected chi connectivity index (χ4v) is 15.9. The summed E-state index contributed by atoms with van der Waals surface area (Å²) in [7, 11) is 0. The summed E-state index contributed by atoms with van der Waals surface area (Å²) in [5, 5.41) is 0. The topological polar surface area (TPSA) is 0 Å². The van der Waals surface area contributed by atoms with Crippen molar-refractivity contribution in [1.82, 2.24) is 0 Å². The fraction of sp³-hybridized carbons (Fsp3) is 0.644. The predicted octanol–water partition coefficient (Wildman–Crippen LogP) is 44.1. The van der Waals surface area contributed by atoms with Gasteiger partial charge in [0, 0.05) is 48.0 Å². The third-order valence-corrected chi connectivity index (χ3v) is 24.3. The third kappa shape index (κ3) is 42.9. The van der Waals surface area contributed by atoms with Crippen molar-refractivity contribution in [2.45, 2.75) is 515 Å². The highest BCUT2D eigenvalue weighted by molar-refractivity contribution is 5.48. The van der Waals surface area contributed by atoms with Crippen LogP contribution < -0.4 is 0 Å². The first-order chi connectivity index (χ1) is 77.9. The normalized spacial score (nSPS) is 19.8. The van der Waals surface area contributed by atoms with E-state index in [1.807, 2.05) is 210 Å². The maximum Gasteiger partial charge on any atom is 0.394 e. The van der Waals surface area contributed by atoms with Gasteiger partial charge in [-0.1, -0.05) is 543 Å². The van der Waals surface area contributed by atoms with Crippen molar-refractivity contribution in [3.05, 3.63) is 281 Å². The van der Waals surface area contributed by atoms with E-state index >= 15 is 0 Å². The average molecular weight is 2040 g/mol. The number of hydrogen-bond acceptors (Lipinski definition) is 0. The number of hydrogen-bond donors (Lipinski definition) is 0. The van der Waals surface area contributed by atoms with Gasteiger partial charge in [0.05, 0.1) is 16.2 Å². The lowest BCUT2D eigenvalue weighted by atomic mass is 9.68. The summed E-state index contributed by atoms with van der Waals surface area (Å²) in [5.74, 6) is -12.4. The van der Waals surface area contributed by atoms with Crippen LogP contribution in [0.1, 0.15) is 575 Å². The van der Waals surface area contributed by atoms with Crippen LogP contribution in [0.5, 0.6) is 0 Å². The molecule has 0 spiro atoms. The lowest BCUT2D eigenvalue weighted by molar-refractivity contribution is -0.218. The molecular formula is C135H213F9. The van der Waals surface area contributed by atoms with Gasteiger partial charge in [-0.15, -0.1) is 0 Å². The Bertz CT molecular complexity index is 6570. The minimum Gasteiger partial charge on any atom is -0.171 e. The highest BCUT2D eigenvalue weighted by Gasteiger charge is 2.53. The molecule has 0 heterocycles. The third-order valence-electron chi connectivity index (χ3n) is 24.3. The Hall–Kier alpha value is -6.87. The molecule has 8 rings (SSSR count). The molecule has 0 aliphatic carbocycles. The van der Waals surface area contributed by atoms with Crippen LogP contribution in [0.4, 0.5) is 39.5 Å². The van der Waals surface area contributed by atoms with Crippen molar-refractivity contribution in [1.29, 1.82) is 0 Å². The second-order valence-corrected chi connectivity index (χ2v) is 51.8. The van der Waals surface area contributed by atoms with Crippen molar-refractivity contribution >= 4 is 0 Å². The van der Waals surface area contributed by atoms with Crippen molar-refractivity contribution in [3.63, 3.8) is 0 Å². The van der Waals surface area contributed by atoms with E-state index in [0.29, 0.717) is 11.1 Å². The minimum absolute atomic E-state index is 0.0119. The Labute approximate surface area is 930 Å². The maximum atomic E-state index is 13.8. The molecule has 4 atom stereocenters. The molecule has 8 aromatic carbocycles. The van der Waals surface area contributed by atoms with Crippen LogP contribution in [0.3, 0.4) is 0 Å². The van der Waals surface area contributed by atoms with Crippen LogP contribution in [-0.4, -0.2) is 18.5 Å². The molecule has 0 nitrogen and oxygen atoms in total. The van der Waals surface area contributed by atoms with E-state index in [9.17, 15) is 39.5 Å². The maximum absolute atomic E-state index is 13.8. The summed E-state index contributed by atoms with van der Waals surface area (Å²) in [6.07, 6.45) is -27.8. The van der Waals surface area contributed by atoms with E-state index in [-0.39, 0.29) is 83.8 Å². The smallest absolute Gasteiger partial charge is 0.171 e. The van der Waals surface area contributed by atoms with Gasteiger partial charge in [-0.3, -0.25) is 0 Å². The SMILES string of the molecule is [2H]C([2H])([2H])C([2H])(c1cccc(C([2H])(C([2H])([2H])[2H])C([2H])([2H])C)c1C(C)(C)C)C([2H])([2H])[2H].[2H]C([2H])([2H])C([2H])(c1ccccc1C(C)(C)C)C([2H])([2H])[2H].[2H]C([2H])(c1cccc(C([2H])(C)C(C)(C)C(F)(F)F)c1C(C)(C)C)C(C)(C)C(F)(F)F.[2H]C([2H])(c1cccc(C([2H])(C)C(C)(C)C)c1C(C)(C)C)C(C)(C)C.[2H]C([2H])(c1cccc(C([2H])(C)C(C)C)c1C(C)(C)C)C(C)C.[2H]C([2H])(c1ccccc1C(C)(C)C)C(C)(C)C.[2H]C([2H])(c1ccccc1C(C)(C)C)C(C)(C)C(F)(F)F.[2H]C([2H])(c1ccccc1C(C)(C)C)C(C)C. The molecule has 0 N–H and O–H groups in total. The van der Waals surface area contributed by atoms with Crippen LogP contribution >= 0.6 is 0 Å². The molecule has 4 unspecified atom stereocenters. The van der Waals surface area contributed by atoms with Gasteiger partial charge < -0.3 is 0 Å². The van der Waals surface area contributed by atoms with Gasteiger partial charge in [0.25, 0.3) is 0 Å². The molecule has 0 amide bonds. The van der Waals surface area contributed by atoms with Gasteiger partial charge in [0.15, 0.2) is 0 Å². The van der Waals surface area contributed by atoms with Crippen molar-refractivity contribution in [3.8, 4) is 0 Å². The Morgan fingerprint density at radius 2 is 0.528 bits per heavy atom. The summed E-state index contributed by atoms with van der Waals surface area (Å²) in [5.41, 5.74) is -3.44. The lowest BCUT2D eigenvalue weighted by Crippen LogP contribution is -2.38. The highest BCUT2D eigenvalue weighted by Crippen LogP contribution is 2.53. The molecular weight excluding hydrogens is 1790 g/mol. The molecule has 0 aliphatic heterocycles. The first kappa shape index (κ1) is 85.8. The monoisotopic (exact) mass is 2040 g/mol. The molecule has 144 heavy (non-hydrogen) atoms. The second kappa shape index (κ2) is 52.7. The molecule has 0 aromatic heterocycles. The van der Waals surface area contributed by atoms with E-state index in [4.69, 9.17) is 48.0 Å². The highest BCUT2D eigenvalue weighted by atomic mass is 19.4. The summed E-state index contributed by atoms with van der Waals surface area (Å²) < 4.78 is 407. The molecule has 0 saturated carbocycles. The van der Waals surface area contributed by atoms with E-state index in [2.05, 4.69) is 118 Å². The Morgan fingerprint density at radius 1 is 0.257 bits per heavy atom. The predicted molar refractivity (Wildman–Crippen MR) is 618 cm³/mol. The van der Waals surface area contributed by atoms with E-state index in [0.717, 1.165) is 117 Å². The molecule has 9 heteroatoms. The first-order valence-corrected chi connectivity index (χ1v) is 50.6. The Kier molecular flexibility index (Phi) is 31.4. The molecule has 0 fully saturated rings. The summed E-state index contributed by atoms with van der Waals surface area (Å²) in [6.45, 7) is 71.1. The quantitative estimate of drug-likeness (QED) is 0.0708. The average Bonchev–Trinajstić information content (AvgIpc) is 0.698. The van der Waals surface area contributed by atoms with Crippen molar-refractivity contribution in [2.75, 3.05) is 0 Å². The number of benzene rings is 8. The van der Waals surface area contributed by atoms with Gasteiger partial charge in [-0.2, -0.15) is 39.5 Å². The zero-order chi connectivity index (χ0) is 144. The van der Waals surface area contributed by atoms with Gasteiger partial charge >= 0.3 is 18.5 Å². The van der Waals surface area contributed by atoms with Crippen molar-refractivity contribution in [2.24, 2.45) is 50.2 Å². The van der Waals surface area contributed by atoms with Gasteiger partial charge in [0.1, 0.15) is 0 Å². The van der Waals surface area contributed by atoms with Crippen LogP contribution in [0.2, 0.25) is 0 Å². The van der Waals surface area contributed by atoms with Gasteiger partial charge in [-0.25, -0.2) is 0 Å². The van der Waals surface area contributed by atoms with Crippen LogP contribution in [0, 0.1) is 50.2 Å². The number of rotatable bonds is 19. The lowest BCUT2D eigenvalue weighted by Gasteiger charge is -2.39. The summed E-state index contributed by atoms with van der Waals surface area (Å²) in [4.78, 5) is 0. The zero-order valence-corrected chi connectivity index (χ0v) is 97.8. The zero-order valence-electron chi connectivity index (χ0n) is 133. The molecule has 0 radical (unpaired) electrons. The summed E-state index contributed by atoms with van der Waals surface area (Å²) in [6, 6.07) is 47.5. The number of halogens is 9. The van der Waals surface area contributed by atoms with Gasteiger partial charge in [0.2, 0.25) is 0 Å². The van der Waals surface area contributed by atoms with Crippen molar-refractivity contribution < 1.29 is 87.5 Å². The first-order valence-electron chi connectivity index (χ1n) is 68.1. The van der Waals surface area contributed by atoms with Crippen LogP contribution in [0.15, 0.2) is 170 Å². The molecule has 816 valence electrons. The molecule has 8 aromatic rings. The largest absolute Gasteiger partial charge is 0.394 e.